The molecule has 136 valence electrons. The summed E-state index contributed by atoms with van der Waals surface area (Å²) in [5, 5.41) is 16.7. The Balaban J connectivity index is 1.80. The Morgan fingerprint density at radius 1 is 1.15 bits per heavy atom. The lowest BCUT2D eigenvalue weighted by atomic mass is 9.88. The molecule has 1 aliphatic carbocycles. The van der Waals surface area contributed by atoms with Crippen molar-refractivity contribution in [2.75, 3.05) is 5.32 Å². The number of benzene rings is 2. The molecule has 3 rings (SSSR count). The van der Waals surface area contributed by atoms with Crippen LogP contribution in [0.4, 0.5) is 20.6 Å². The SMILES string of the molecule is Cc1ccc([N+](=O)[O-])cc1NC(=O)NC1(c2ccc(F)cc2)CCCC1. The second-order valence-electron chi connectivity index (χ2n) is 6.63. The lowest BCUT2D eigenvalue weighted by Crippen LogP contribution is -2.45. The molecule has 7 heteroatoms. The zero-order valence-electron chi connectivity index (χ0n) is 14.4. The zero-order valence-corrected chi connectivity index (χ0v) is 14.4. The van der Waals surface area contributed by atoms with Crippen LogP contribution in [-0.4, -0.2) is 11.0 Å². The summed E-state index contributed by atoms with van der Waals surface area (Å²) in [7, 11) is 0. The minimum Gasteiger partial charge on any atom is -0.328 e. The molecule has 0 atom stereocenters. The Hall–Kier alpha value is -2.96. The molecule has 0 spiro atoms. The molecular formula is C19H20FN3O3. The summed E-state index contributed by atoms with van der Waals surface area (Å²) >= 11 is 0. The van der Waals surface area contributed by atoms with E-state index in [9.17, 15) is 19.3 Å². The average Bonchev–Trinajstić information content (AvgIpc) is 3.06. The molecule has 0 unspecified atom stereocenters. The molecule has 26 heavy (non-hydrogen) atoms. The van der Waals surface area contributed by atoms with Gasteiger partial charge in [-0.1, -0.05) is 31.0 Å². The molecule has 1 saturated carbocycles. The summed E-state index contributed by atoms with van der Waals surface area (Å²) in [6.45, 7) is 1.77. The van der Waals surface area contributed by atoms with Crippen LogP contribution >= 0.6 is 0 Å². The van der Waals surface area contributed by atoms with E-state index in [4.69, 9.17) is 0 Å². The first-order valence-corrected chi connectivity index (χ1v) is 8.50. The number of nitro benzene ring substituents is 1. The topological polar surface area (TPSA) is 84.3 Å². The number of nitrogens with zero attached hydrogens (tertiary/aromatic N) is 1. The van der Waals surface area contributed by atoms with Crippen LogP contribution < -0.4 is 10.6 Å². The summed E-state index contributed by atoms with van der Waals surface area (Å²) in [6.07, 6.45) is 3.46. The highest BCUT2D eigenvalue weighted by molar-refractivity contribution is 5.91. The first-order valence-electron chi connectivity index (χ1n) is 8.50. The van der Waals surface area contributed by atoms with Crippen molar-refractivity contribution in [3.8, 4) is 0 Å². The number of nitrogens with one attached hydrogen (secondary N) is 2. The van der Waals surface area contributed by atoms with Gasteiger partial charge in [-0.2, -0.15) is 0 Å². The van der Waals surface area contributed by atoms with Gasteiger partial charge < -0.3 is 10.6 Å². The lowest BCUT2D eigenvalue weighted by Gasteiger charge is -2.31. The third-order valence-electron chi connectivity index (χ3n) is 4.89. The number of nitro groups is 1. The Morgan fingerprint density at radius 2 is 1.81 bits per heavy atom. The predicted molar refractivity (Wildman–Crippen MR) is 96.5 cm³/mol. The average molecular weight is 357 g/mol. The number of hydrogen-bond acceptors (Lipinski definition) is 3. The number of urea groups is 1. The molecular weight excluding hydrogens is 337 g/mol. The summed E-state index contributed by atoms with van der Waals surface area (Å²) in [6, 6.07) is 10.1. The molecule has 2 amide bonds. The van der Waals surface area contributed by atoms with Crippen LogP contribution in [0.3, 0.4) is 0 Å². The number of anilines is 1. The van der Waals surface area contributed by atoms with Crippen LogP contribution in [0.15, 0.2) is 42.5 Å². The molecule has 0 radical (unpaired) electrons. The zero-order chi connectivity index (χ0) is 18.7. The second kappa shape index (κ2) is 7.11. The van der Waals surface area contributed by atoms with Gasteiger partial charge in [0, 0.05) is 12.1 Å². The van der Waals surface area contributed by atoms with E-state index in [1.54, 1.807) is 25.1 Å². The van der Waals surface area contributed by atoms with E-state index in [1.165, 1.54) is 24.3 Å². The van der Waals surface area contributed by atoms with Gasteiger partial charge in [0.1, 0.15) is 5.82 Å². The van der Waals surface area contributed by atoms with Crippen molar-refractivity contribution >= 4 is 17.4 Å². The van der Waals surface area contributed by atoms with Gasteiger partial charge in [0.2, 0.25) is 0 Å². The van der Waals surface area contributed by atoms with Crippen molar-refractivity contribution in [1.82, 2.24) is 5.32 Å². The van der Waals surface area contributed by atoms with Gasteiger partial charge in [0.15, 0.2) is 0 Å². The van der Waals surface area contributed by atoms with Gasteiger partial charge >= 0.3 is 6.03 Å². The number of carbonyl (C=O) groups excluding carboxylic acids is 1. The van der Waals surface area contributed by atoms with E-state index in [-0.39, 0.29) is 11.5 Å². The van der Waals surface area contributed by atoms with Crippen molar-refractivity contribution in [3.63, 3.8) is 0 Å². The minimum atomic E-state index is -0.549. The lowest BCUT2D eigenvalue weighted by molar-refractivity contribution is -0.384. The van der Waals surface area contributed by atoms with Crippen molar-refractivity contribution in [2.45, 2.75) is 38.1 Å². The molecule has 0 bridgehead atoms. The van der Waals surface area contributed by atoms with Crippen LogP contribution in [-0.2, 0) is 5.54 Å². The van der Waals surface area contributed by atoms with E-state index < -0.39 is 16.5 Å². The van der Waals surface area contributed by atoms with Crippen molar-refractivity contribution in [2.24, 2.45) is 0 Å². The smallest absolute Gasteiger partial charge is 0.319 e. The molecule has 0 aliphatic heterocycles. The fourth-order valence-electron chi connectivity index (χ4n) is 3.46. The third-order valence-corrected chi connectivity index (χ3v) is 4.89. The van der Waals surface area contributed by atoms with Crippen molar-refractivity contribution in [3.05, 3.63) is 69.5 Å². The van der Waals surface area contributed by atoms with Gasteiger partial charge in [-0.15, -0.1) is 0 Å². The van der Waals surface area contributed by atoms with Gasteiger partial charge in [0.05, 0.1) is 16.1 Å². The molecule has 2 aromatic rings. The normalized spacial score (nSPS) is 15.5. The molecule has 1 fully saturated rings. The fraction of sp³-hybridized carbons (Fsp3) is 0.316. The second-order valence-corrected chi connectivity index (χ2v) is 6.63. The number of amides is 2. The van der Waals surface area contributed by atoms with Crippen molar-refractivity contribution in [1.29, 1.82) is 0 Å². The van der Waals surface area contributed by atoms with Gasteiger partial charge in [-0.25, -0.2) is 9.18 Å². The van der Waals surface area contributed by atoms with Crippen LogP contribution in [0.25, 0.3) is 0 Å². The molecule has 2 aromatic carbocycles. The number of carbonyl (C=O) groups is 1. The largest absolute Gasteiger partial charge is 0.328 e. The standard InChI is InChI=1S/C19H20FN3O3/c1-13-4-9-16(23(25)26)12-17(13)21-18(24)22-19(10-2-3-11-19)14-5-7-15(20)8-6-14/h4-9,12H,2-3,10-11H2,1H3,(H2,21,22,24). The predicted octanol–water partition coefficient (Wildman–Crippen LogP) is 4.63. The van der Waals surface area contributed by atoms with Crippen LogP contribution in [0.1, 0.15) is 36.8 Å². The number of non-ortho nitro benzene ring substituents is 1. The maximum absolute atomic E-state index is 13.2. The maximum Gasteiger partial charge on any atom is 0.319 e. The van der Waals surface area contributed by atoms with E-state index in [2.05, 4.69) is 10.6 Å². The number of aryl methyl sites for hydroxylation is 1. The Kier molecular flexibility index (Phi) is 4.88. The minimum absolute atomic E-state index is 0.0833. The quantitative estimate of drug-likeness (QED) is 0.618. The van der Waals surface area contributed by atoms with E-state index in [0.717, 1.165) is 36.8 Å². The summed E-state index contributed by atoms with van der Waals surface area (Å²) in [5.74, 6) is -0.321. The molecule has 0 saturated heterocycles. The van der Waals surface area contributed by atoms with E-state index in [1.807, 2.05) is 0 Å². The first kappa shape index (κ1) is 17.8. The van der Waals surface area contributed by atoms with Crippen LogP contribution in [0, 0.1) is 22.9 Å². The van der Waals surface area contributed by atoms with Gasteiger partial charge in [-0.3, -0.25) is 10.1 Å². The Labute approximate surface area is 150 Å². The first-order chi connectivity index (χ1) is 12.4. The molecule has 2 N–H and O–H groups in total. The number of rotatable bonds is 4. The number of hydrogen-bond donors (Lipinski definition) is 2. The highest BCUT2D eigenvalue weighted by Gasteiger charge is 2.37. The van der Waals surface area contributed by atoms with Crippen LogP contribution in [0.2, 0.25) is 0 Å². The number of halogens is 1. The molecule has 6 nitrogen and oxygen atoms in total. The van der Waals surface area contributed by atoms with E-state index >= 15 is 0 Å². The molecule has 0 heterocycles. The Morgan fingerprint density at radius 3 is 2.42 bits per heavy atom. The van der Waals surface area contributed by atoms with Gasteiger partial charge in [0.25, 0.3) is 5.69 Å². The van der Waals surface area contributed by atoms with Gasteiger partial charge in [-0.05, 0) is 43.0 Å². The monoisotopic (exact) mass is 357 g/mol. The third kappa shape index (κ3) is 3.66. The Bertz CT molecular complexity index is 830. The highest BCUT2D eigenvalue weighted by atomic mass is 19.1. The summed E-state index contributed by atoms with van der Waals surface area (Å²) in [4.78, 5) is 23.0. The fourth-order valence-corrected chi connectivity index (χ4v) is 3.46. The highest BCUT2D eigenvalue weighted by Crippen LogP contribution is 2.39. The van der Waals surface area contributed by atoms with Crippen molar-refractivity contribution < 1.29 is 14.1 Å². The van der Waals surface area contributed by atoms with E-state index in [0.29, 0.717) is 5.69 Å². The molecule has 0 aromatic heterocycles. The summed E-state index contributed by atoms with van der Waals surface area (Å²) < 4.78 is 13.2. The van der Waals surface area contributed by atoms with Crippen LogP contribution in [0.5, 0.6) is 0 Å². The maximum atomic E-state index is 13.2. The summed E-state index contributed by atoms with van der Waals surface area (Å²) in [5.41, 5.74) is 1.35. The molecule has 1 aliphatic rings.